The smallest absolute Gasteiger partial charge is 0.260 e. The highest BCUT2D eigenvalue weighted by Gasteiger charge is 2.34. The summed E-state index contributed by atoms with van der Waals surface area (Å²) < 4.78 is 20.1. The summed E-state index contributed by atoms with van der Waals surface area (Å²) in [5, 5.41) is 0. The first-order valence-corrected chi connectivity index (χ1v) is 10.6. The lowest BCUT2D eigenvalue weighted by Gasteiger charge is -2.21. The van der Waals surface area contributed by atoms with Crippen LogP contribution in [0.2, 0.25) is 0 Å². The molecule has 0 saturated carbocycles. The van der Waals surface area contributed by atoms with Crippen molar-refractivity contribution in [1.82, 2.24) is 9.97 Å². The number of carbonyl (C=O) groups excluding carboxylic acids is 1. The Labute approximate surface area is 185 Å². The topological polar surface area (TPSA) is 84.6 Å². The minimum absolute atomic E-state index is 0.128. The number of carbonyl (C=O) groups is 1. The summed E-state index contributed by atoms with van der Waals surface area (Å²) in [5.74, 6) is 1.12. The van der Waals surface area contributed by atoms with Crippen LogP contribution >= 0.6 is 0 Å². The minimum atomic E-state index is -0.447. The molecule has 5 rings (SSSR count). The highest BCUT2D eigenvalue weighted by atomic mass is 19.1. The van der Waals surface area contributed by atoms with Crippen molar-refractivity contribution in [2.75, 3.05) is 30.0 Å². The molecule has 1 aromatic carbocycles. The normalized spacial score (nSPS) is 17.8. The monoisotopic (exact) mass is 433 g/mol. The van der Waals surface area contributed by atoms with Gasteiger partial charge in [-0.15, -0.1) is 0 Å². The number of aromatic nitrogens is 2. The van der Waals surface area contributed by atoms with E-state index in [0.29, 0.717) is 28.4 Å². The van der Waals surface area contributed by atoms with Crippen molar-refractivity contribution in [3.8, 4) is 17.0 Å². The first-order valence-electron chi connectivity index (χ1n) is 10.6. The maximum absolute atomic E-state index is 14.8. The first-order chi connectivity index (χ1) is 15.5. The Kier molecular flexibility index (Phi) is 5.01. The van der Waals surface area contributed by atoms with E-state index in [0.717, 1.165) is 30.9 Å². The van der Waals surface area contributed by atoms with Gasteiger partial charge in [-0.1, -0.05) is 6.07 Å². The van der Waals surface area contributed by atoms with Crippen molar-refractivity contribution < 1.29 is 13.9 Å². The molecule has 0 radical (unpaired) electrons. The van der Waals surface area contributed by atoms with Gasteiger partial charge in [0.25, 0.3) is 5.91 Å². The molecule has 2 N–H and O–H groups in total. The average Bonchev–Trinajstić information content (AvgIpc) is 3.37. The summed E-state index contributed by atoms with van der Waals surface area (Å²) in [6.45, 7) is 3.82. The Morgan fingerprint density at radius 1 is 1.22 bits per heavy atom. The third-order valence-corrected chi connectivity index (χ3v) is 6.05. The SMILES string of the molecule is COc1cccc(F)c1-c1nccc2c1CN(c1cc(C)cc(N3CC[C@H](N)C3)n1)C2=O. The molecule has 2 aromatic heterocycles. The molecule has 164 valence electrons. The molecular weight excluding hydrogens is 409 g/mol. The second kappa shape index (κ2) is 7.87. The summed E-state index contributed by atoms with van der Waals surface area (Å²) in [6, 6.07) is 10.3. The Bertz CT molecular complexity index is 1210. The lowest BCUT2D eigenvalue weighted by Crippen LogP contribution is -2.28. The number of aryl methyl sites for hydroxylation is 1. The number of rotatable bonds is 4. The Balaban J connectivity index is 1.55. The second-order valence-electron chi connectivity index (χ2n) is 8.25. The predicted octanol–water partition coefficient (Wildman–Crippen LogP) is 3.30. The maximum atomic E-state index is 14.8. The summed E-state index contributed by atoms with van der Waals surface area (Å²) in [6.07, 6.45) is 2.45. The summed E-state index contributed by atoms with van der Waals surface area (Å²) in [4.78, 5) is 26.3. The van der Waals surface area contributed by atoms with Crippen LogP contribution in [0.4, 0.5) is 16.0 Å². The largest absolute Gasteiger partial charge is 0.496 e. The molecule has 3 aromatic rings. The van der Waals surface area contributed by atoms with Gasteiger partial charge in [-0.05, 0) is 49.2 Å². The van der Waals surface area contributed by atoms with E-state index in [1.807, 2.05) is 19.1 Å². The maximum Gasteiger partial charge on any atom is 0.260 e. The van der Waals surface area contributed by atoms with Gasteiger partial charge in [0.2, 0.25) is 0 Å². The number of fused-ring (bicyclic) bond motifs is 1. The molecule has 1 amide bonds. The lowest BCUT2D eigenvalue weighted by molar-refractivity contribution is 0.0996. The number of pyridine rings is 2. The van der Waals surface area contributed by atoms with Crippen LogP contribution in [-0.4, -0.2) is 42.1 Å². The zero-order valence-electron chi connectivity index (χ0n) is 18.0. The van der Waals surface area contributed by atoms with Gasteiger partial charge in [0.15, 0.2) is 0 Å². The molecule has 0 spiro atoms. The fourth-order valence-electron chi connectivity index (χ4n) is 4.46. The van der Waals surface area contributed by atoms with Gasteiger partial charge >= 0.3 is 0 Å². The molecular formula is C24H24FN5O2. The predicted molar refractivity (Wildman–Crippen MR) is 120 cm³/mol. The first kappa shape index (κ1) is 20.4. The van der Waals surface area contributed by atoms with E-state index in [-0.39, 0.29) is 24.1 Å². The molecule has 1 fully saturated rings. The van der Waals surface area contributed by atoms with Crippen molar-refractivity contribution >= 4 is 17.5 Å². The highest BCUT2D eigenvalue weighted by molar-refractivity contribution is 6.10. The third kappa shape index (κ3) is 3.36. The zero-order valence-corrected chi connectivity index (χ0v) is 18.0. The van der Waals surface area contributed by atoms with Crippen LogP contribution in [0.1, 0.15) is 27.9 Å². The zero-order chi connectivity index (χ0) is 22.4. The number of ether oxygens (including phenoxy) is 1. The van der Waals surface area contributed by atoms with Gasteiger partial charge in [0.05, 0.1) is 24.9 Å². The Morgan fingerprint density at radius 2 is 2.03 bits per heavy atom. The van der Waals surface area contributed by atoms with E-state index < -0.39 is 5.82 Å². The molecule has 0 aliphatic carbocycles. The van der Waals surface area contributed by atoms with Gasteiger partial charge in [-0.2, -0.15) is 0 Å². The van der Waals surface area contributed by atoms with Gasteiger partial charge in [0, 0.05) is 36.5 Å². The molecule has 8 heteroatoms. The van der Waals surface area contributed by atoms with E-state index in [1.54, 1.807) is 23.1 Å². The molecule has 32 heavy (non-hydrogen) atoms. The number of hydrogen-bond donors (Lipinski definition) is 1. The van der Waals surface area contributed by atoms with Crippen LogP contribution in [0.3, 0.4) is 0 Å². The number of nitrogens with two attached hydrogens (primary N) is 1. The number of anilines is 2. The molecule has 2 aliphatic rings. The molecule has 0 unspecified atom stereocenters. The number of halogens is 1. The van der Waals surface area contributed by atoms with Crippen molar-refractivity contribution in [3.63, 3.8) is 0 Å². The fraction of sp³-hybridized carbons (Fsp3) is 0.292. The molecule has 7 nitrogen and oxygen atoms in total. The van der Waals surface area contributed by atoms with E-state index in [4.69, 9.17) is 15.5 Å². The number of hydrogen-bond acceptors (Lipinski definition) is 6. The lowest BCUT2D eigenvalue weighted by atomic mass is 10.0. The van der Waals surface area contributed by atoms with Crippen LogP contribution in [0.25, 0.3) is 11.3 Å². The summed E-state index contributed by atoms with van der Waals surface area (Å²) in [7, 11) is 1.49. The van der Waals surface area contributed by atoms with Crippen LogP contribution in [0, 0.1) is 12.7 Å². The second-order valence-corrected chi connectivity index (χ2v) is 8.25. The van der Waals surface area contributed by atoms with Crippen LogP contribution < -0.4 is 20.3 Å². The van der Waals surface area contributed by atoms with Crippen LogP contribution in [-0.2, 0) is 6.54 Å². The fourth-order valence-corrected chi connectivity index (χ4v) is 4.46. The average molecular weight is 433 g/mol. The minimum Gasteiger partial charge on any atom is -0.496 e. The van der Waals surface area contributed by atoms with Crippen LogP contribution in [0.15, 0.2) is 42.6 Å². The van der Waals surface area contributed by atoms with E-state index in [9.17, 15) is 9.18 Å². The van der Waals surface area contributed by atoms with E-state index in [2.05, 4.69) is 9.88 Å². The van der Waals surface area contributed by atoms with Gasteiger partial charge in [-0.3, -0.25) is 14.7 Å². The van der Waals surface area contributed by atoms with E-state index >= 15 is 0 Å². The van der Waals surface area contributed by atoms with Gasteiger partial charge < -0.3 is 15.4 Å². The van der Waals surface area contributed by atoms with Crippen LogP contribution in [0.5, 0.6) is 5.75 Å². The van der Waals surface area contributed by atoms with E-state index in [1.165, 1.54) is 19.4 Å². The molecule has 2 aliphatic heterocycles. The molecule has 0 bridgehead atoms. The Hall–Kier alpha value is -3.52. The standard InChI is InChI=1S/C24H24FN5O2/c1-14-10-20(29-9-7-15(26)12-29)28-21(11-14)30-13-17-16(24(30)31)6-8-27-23(17)22-18(25)4-3-5-19(22)32-2/h3-6,8,10-11,15H,7,9,12-13,26H2,1-2H3/t15-/m0/s1. The quantitative estimate of drug-likeness (QED) is 0.680. The summed E-state index contributed by atoms with van der Waals surface area (Å²) >= 11 is 0. The number of methoxy groups -OCH3 is 1. The molecule has 4 heterocycles. The van der Waals surface area contributed by atoms with Crippen molar-refractivity contribution in [1.29, 1.82) is 0 Å². The van der Waals surface area contributed by atoms with Gasteiger partial charge in [-0.25, -0.2) is 9.37 Å². The number of amides is 1. The van der Waals surface area contributed by atoms with Crippen molar-refractivity contribution in [3.05, 3.63) is 65.1 Å². The highest BCUT2D eigenvalue weighted by Crippen LogP contribution is 2.38. The Morgan fingerprint density at radius 3 is 2.78 bits per heavy atom. The number of nitrogens with zero attached hydrogens (tertiary/aromatic N) is 4. The number of benzene rings is 1. The van der Waals surface area contributed by atoms with Crippen molar-refractivity contribution in [2.24, 2.45) is 5.73 Å². The summed E-state index contributed by atoms with van der Waals surface area (Å²) in [5.41, 5.74) is 8.89. The van der Waals surface area contributed by atoms with Crippen molar-refractivity contribution in [2.45, 2.75) is 25.9 Å². The third-order valence-electron chi connectivity index (χ3n) is 6.05. The molecule has 1 saturated heterocycles. The molecule has 1 atom stereocenters. The van der Waals surface area contributed by atoms with Gasteiger partial charge in [0.1, 0.15) is 23.2 Å².